The van der Waals surface area contributed by atoms with Crippen molar-refractivity contribution in [3.05, 3.63) is 23.9 Å². The number of aromatic nitrogens is 1. The Morgan fingerprint density at radius 2 is 2.29 bits per heavy atom. The van der Waals surface area contributed by atoms with Crippen LogP contribution in [0.5, 0.6) is 0 Å². The van der Waals surface area contributed by atoms with Crippen LogP contribution in [0.2, 0.25) is 0 Å². The molecule has 1 aromatic rings. The van der Waals surface area contributed by atoms with Crippen molar-refractivity contribution in [3.8, 4) is 0 Å². The van der Waals surface area contributed by atoms with E-state index in [-0.39, 0.29) is 0 Å². The highest BCUT2D eigenvalue weighted by Gasteiger charge is 2.25. The molecule has 3 heteroatoms. The van der Waals surface area contributed by atoms with Gasteiger partial charge >= 0.3 is 0 Å². The van der Waals surface area contributed by atoms with Gasteiger partial charge in [0.1, 0.15) is 5.82 Å². The van der Waals surface area contributed by atoms with Crippen molar-refractivity contribution >= 4 is 5.82 Å². The fourth-order valence-electron chi connectivity index (χ4n) is 1.84. The zero-order chi connectivity index (χ0) is 9.97. The summed E-state index contributed by atoms with van der Waals surface area (Å²) in [5.74, 6) is 1.72. The van der Waals surface area contributed by atoms with Gasteiger partial charge in [0.2, 0.25) is 0 Å². The first kappa shape index (κ1) is 9.46. The standard InChI is InChI=1S/C11H17N3/c1-8-3-2-4-11(14-8)13-7-9-5-10(12)6-9/h2-4,9-10H,5-7,12H2,1H3,(H,13,14)/t9-,10+. The predicted octanol–water partition coefficient (Wildman–Crippen LogP) is 1.54. The molecule has 14 heavy (non-hydrogen) atoms. The van der Waals surface area contributed by atoms with E-state index in [9.17, 15) is 0 Å². The average molecular weight is 191 g/mol. The van der Waals surface area contributed by atoms with Gasteiger partial charge in [-0.2, -0.15) is 0 Å². The van der Waals surface area contributed by atoms with E-state index in [1.807, 2.05) is 25.1 Å². The second-order valence-corrected chi connectivity index (χ2v) is 4.14. The fraction of sp³-hybridized carbons (Fsp3) is 0.545. The van der Waals surface area contributed by atoms with Crippen LogP contribution >= 0.6 is 0 Å². The van der Waals surface area contributed by atoms with Gasteiger partial charge in [-0.3, -0.25) is 0 Å². The number of anilines is 1. The first-order valence-electron chi connectivity index (χ1n) is 5.17. The van der Waals surface area contributed by atoms with Crippen molar-refractivity contribution in [1.29, 1.82) is 0 Å². The molecule has 1 aliphatic rings. The van der Waals surface area contributed by atoms with Gasteiger partial charge in [-0.1, -0.05) is 6.07 Å². The molecule has 0 bridgehead atoms. The third kappa shape index (κ3) is 2.23. The number of hydrogen-bond donors (Lipinski definition) is 2. The Kier molecular flexibility index (Phi) is 2.68. The maximum Gasteiger partial charge on any atom is 0.126 e. The van der Waals surface area contributed by atoms with Crippen LogP contribution < -0.4 is 11.1 Å². The second kappa shape index (κ2) is 3.96. The van der Waals surface area contributed by atoms with Crippen LogP contribution in [0.15, 0.2) is 18.2 Å². The second-order valence-electron chi connectivity index (χ2n) is 4.14. The Hall–Kier alpha value is -1.09. The number of hydrogen-bond acceptors (Lipinski definition) is 3. The molecule has 0 aliphatic heterocycles. The van der Waals surface area contributed by atoms with Crippen molar-refractivity contribution in [2.45, 2.75) is 25.8 Å². The van der Waals surface area contributed by atoms with Crippen LogP contribution in [0.3, 0.4) is 0 Å². The number of aryl methyl sites for hydroxylation is 1. The minimum absolute atomic E-state index is 0.437. The van der Waals surface area contributed by atoms with E-state index in [0.29, 0.717) is 6.04 Å². The van der Waals surface area contributed by atoms with Crippen molar-refractivity contribution in [1.82, 2.24) is 4.98 Å². The van der Waals surface area contributed by atoms with Crippen molar-refractivity contribution in [3.63, 3.8) is 0 Å². The molecule has 1 fully saturated rings. The summed E-state index contributed by atoms with van der Waals surface area (Å²) < 4.78 is 0. The van der Waals surface area contributed by atoms with Gasteiger partial charge in [-0.25, -0.2) is 4.98 Å². The quantitative estimate of drug-likeness (QED) is 0.762. The first-order valence-corrected chi connectivity index (χ1v) is 5.17. The molecule has 0 spiro atoms. The van der Waals surface area contributed by atoms with Gasteiger partial charge in [0, 0.05) is 18.3 Å². The lowest BCUT2D eigenvalue weighted by molar-refractivity contribution is 0.280. The molecule has 3 nitrogen and oxygen atoms in total. The van der Waals surface area contributed by atoms with Crippen LogP contribution in [0.25, 0.3) is 0 Å². The number of rotatable bonds is 3. The van der Waals surface area contributed by atoms with Gasteiger partial charge in [0.25, 0.3) is 0 Å². The molecule has 0 saturated heterocycles. The van der Waals surface area contributed by atoms with E-state index in [1.165, 1.54) is 0 Å². The highest BCUT2D eigenvalue weighted by atomic mass is 15.0. The zero-order valence-electron chi connectivity index (χ0n) is 8.53. The van der Waals surface area contributed by atoms with E-state index >= 15 is 0 Å². The summed E-state index contributed by atoms with van der Waals surface area (Å²) in [7, 11) is 0. The van der Waals surface area contributed by atoms with Crippen molar-refractivity contribution in [2.75, 3.05) is 11.9 Å². The van der Waals surface area contributed by atoms with Crippen LogP contribution in [-0.4, -0.2) is 17.6 Å². The summed E-state index contributed by atoms with van der Waals surface area (Å²) >= 11 is 0. The molecule has 3 N–H and O–H groups in total. The number of nitrogens with one attached hydrogen (secondary N) is 1. The van der Waals surface area contributed by atoms with Gasteiger partial charge in [-0.15, -0.1) is 0 Å². The monoisotopic (exact) mass is 191 g/mol. The molecule has 1 saturated carbocycles. The van der Waals surface area contributed by atoms with E-state index in [0.717, 1.165) is 36.8 Å². The fourth-order valence-corrected chi connectivity index (χ4v) is 1.84. The first-order chi connectivity index (χ1) is 6.74. The molecule has 2 rings (SSSR count). The molecule has 76 valence electrons. The Bertz CT molecular complexity index is 305. The smallest absolute Gasteiger partial charge is 0.126 e. The number of nitrogens with two attached hydrogens (primary N) is 1. The van der Waals surface area contributed by atoms with Crippen LogP contribution in [0, 0.1) is 12.8 Å². The Morgan fingerprint density at radius 3 is 2.93 bits per heavy atom. The lowest BCUT2D eigenvalue weighted by Crippen LogP contribution is -2.39. The number of pyridine rings is 1. The van der Waals surface area contributed by atoms with E-state index < -0.39 is 0 Å². The summed E-state index contributed by atoms with van der Waals surface area (Å²) in [5.41, 5.74) is 6.77. The third-order valence-electron chi connectivity index (χ3n) is 2.73. The van der Waals surface area contributed by atoms with Gasteiger partial charge in [0.15, 0.2) is 0 Å². The summed E-state index contributed by atoms with van der Waals surface area (Å²) in [5, 5.41) is 3.34. The van der Waals surface area contributed by atoms with Crippen LogP contribution in [-0.2, 0) is 0 Å². The molecule has 0 radical (unpaired) electrons. The van der Waals surface area contributed by atoms with Crippen molar-refractivity contribution in [2.24, 2.45) is 11.7 Å². The van der Waals surface area contributed by atoms with Crippen LogP contribution in [0.1, 0.15) is 18.5 Å². The molecule has 1 heterocycles. The Labute approximate surface area is 84.7 Å². The molecule has 0 unspecified atom stereocenters. The van der Waals surface area contributed by atoms with Crippen LogP contribution in [0.4, 0.5) is 5.82 Å². The third-order valence-corrected chi connectivity index (χ3v) is 2.73. The molecule has 0 aromatic carbocycles. The van der Waals surface area contributed by atoms with Crippen molar-refractivity contribution < 1.29 is 0 Å². The van der Waals surface area contributed by atoms with E-state index in [4.69, 9.17) is 5.73 Å². The van der Waals surface area contributed by atoms with E-state index in [2.05, 4.69) is 10.3 Å². The number of nitrogens with zero attached hydrogens (tertiary/aromatic N) is 1. The lowest BCUT2D eigenvalue weighted by Gasteiger charge is -2.32. The Balaban J connectivity index is 1.80. The molecule has 1 aromatic heterocycles. The summed E-state index contributed by atoms with van der Waals surface area (Å²) in [6.07, 6.45) is 2.30. The topological polar surface area (TPSA) is 50.9 Å². The van der Waals surface area contributed by atoms with E-state index in [1.54, 1.807) is 0 Å². The predicted molar refractivity (Wildman–Crippen MR) is 58.2 cm³/mol. The molecular formula is C11H17N3. The van der Waals surface area contributed by atoms with Gasteiger partial charge in [0.05, 0.1) is 0 Å². The highest BCUT2D eigenvalue weighted by molar-refractivity contribution is 5.35. The average Bonchev–Trinajstić information content (AvgIpc) is 2.11. The zero-order valence-corrected chi connectivity index (χ0v) is 8.53. The summed E-state index contributed by atoms with van der Waals surface area (Å²) in [4.78, 5) is 4.38. The Morgan fingerprint density at radius 1 is 1.50 bits per heavy atom. The maximum absolute atomic E-state index is 5.72. The summed E-state index contributed by atoms with van der Waals surface area (Å²) in [6, 6.07) is 6.47. The lowest BCUT2D eigenvalue weighted by atomic mass is 9.81. The summed E-state index contributed by atoms with van der Waals surface area (Å²) in [6.45, 7) is 3.01. The van der Waals surface area contributed by atoms with Gasteiger partial charge in [-0.05, 0) is 37.8 Å². The minimum atomic E-state index is 0.437. The minimum Gasteiger partial charge on any atom is -0.370 e. The normalized spacial score (nSPS) is 25.6. The molecule has 0 amide bonds. The highest BCUT2D eigenvalue weighted by Crippen LogP contribution is 2.25. The maximum atomic E-state index is 5.72. The largest absolute Gasteiger partial charge is 0.370 e. The molecular weight excluding hydrogens is 174 g/mol. The van der Waals surface area contributed by atoms with Gasteiger partial charge < -0.3 is 11.1 Å². The molecule has 0 atom stereocenters. The SMILES string of the molecule is Cc1cccc(NC[C@H]2C[C@@H](N)C2)n1. The molecule has 1 aliphatic carbocycles.